The van der Waals surface area contributed by atoms with Gasteiger partial charge in [-0.15, -0.1) is 11.3 Å². The lowest BCUT2D eigenvalue weighted by Gasteiger charge is -2.11. The largest absolute Gasteiger partial charge is 0.477 e. The zero-order valence-corrected chi connectivity index (χ0v) is 12.4. The second kappa shape index (κ2) is 6.44. The fourth-order valence-corrected chi connectivity index (χ4v) is 2.65. The predicted octanol–water partition coefficient (Wildman–Crippen LogP) is 1.01. The number of amides is 1. The molecule has 0 saturated heterocycles. The summed E-state index contributed by atoms with van der Waals surface area (Å²) in [5.74, 6) is -1.15. The molecule has 9 heteroatoms. The van der Waals surface area contributed by atoms with Crippen molar-refractivity contribution < 1.29 is 14.7 Å². The molecule has 0 aliphatic heterocycles. The maximum absolute atomic E-state index is 11.8. The van der Waals surface area contributed by atoms with E-state index in [2.05, 4.69) is 20.4 Å². The van der Waals surface area contributed by atoms with Crippen LogP contribution >= 0.6 is 11.3 Å². The summed E-state index contributed by atoms with van der Waals surface area (Å²) in [6, 6.07) is -0.329. The number of carboxylic acid groups (broad SMARTS) is 1. The summed E-state index contributed by atoms with van der Waals surface area (Å²) in [5.41, 5.74) is 0.464. The van der Waals surface area contributed by atoms with Crippen LogP contribution in [0.25, 0.3) is 0 Å². The lowest BCUT2D eigenvalue weighted by molar-refractivity contribution is -0.122. The molecular weight excluding hydrogens is 294 g/mol. The highest BCUT2D eigenvalue weighted by Crippen LogP contribution is 2.23. The highest BCUT2D eigenvalue weighted by Gasteiger charge is 2.19. The molecule has 2 rings (SSSR count). The number of rotatable bonds is 6. The molecule has 1 atom stereocenters. The molecule has 2 heterocycles. The van der Waals surface area contributed by atoms with Crippen molar-refractivity contribution in [1.82, 2.24) is 25.1 Å². The third-order valence-electron chi connectivity index (χ3n) is 2.79. The molecule has 1 unspecified atom stereocenters. The summed E-state index contributed by atoms with van der Waals surface area (Å²) in [4.78, 5) is 31.0. The Hall–Kier alpha value is -2.29. The molecule has 0 spiro atoms. The quantitative estimate of drug-likeness (QED) is 0.824. The van der Waals surface area contributed by atoms with Crippen LogP contribution in [0.3, 0.4) is 0 Å². The zero-order chi connectivity index (χ0) is 15.4. The lowest BCUT2D eigenvalue weighted by Crippen LogP contribution is -2.27. The maximum Gasteiger partial charge on any atom is 0.347 e. The third-order valence-corrected chi connectivity index (χ3v) is 4.12. The number of carbonyl (C=O) groups excluding carboxylic acids is 1. The van der Waals surface area contributed by atoms with E-state index in [1.807, 2.05) is 0 Å². The van der Waals surface area contributed by atoms with Crippen LogP contribution in [0.1, 0.15) is 39.8 Å². The normalized spacial score (nSPS) is 12.1. The first kappa shape index (κ1) is 15.1. The molecular formula is C12H15N5O3S. The summed E-state index contributed by atoms with van der Waals surface area (Å²) < 4.78 is 1.57. The molecule has 2 N–H and O–H groups in total. The summed E-state index contributed by atoms with van der Waals surface area (Å²) >= 11 is 1.08. The molecule has 2 aromatic rings. The van der Waals surface area contributed by atoms with E-state index in [4.69, 9.17) is 5.11 Å². The molecule has 21 heavy (non-hydrogen) atoms. The molecule has 112 valence electrons. The van der Waals surface area contributed by atoms with Gasteiger partial charge in [0.25, 0.3) is 0 Å². The minimum absolute atomic E-state index is 0.150. The van der Waals surface area contributed by atoms with Crippen molar-refractivity contribution in [3.63, 3.8) is 0 Å². The van der Waals surface area contributed by atoms with Gasteiger partial charge in [0, 0.05) is 6.42 Å². The Morgan fingerprint density at radius 2 is 2.29 bits per heavy atom. The van der Waals surface area contributed by atoms with Gasteiger partial charge in [0.1, 0.15) is 22.5 Å². The lowest BCUT2D eigenvalue weighted by atomic mass is 10.3. The van der Waals surface area contributed by atoms with Crippen molar-refractivity contribution in [1.29, 1.82) is 0 Å². The Labute approximate surface area is 124 Å². The molecule has 0 aliphatic carbocycles. The van der Waals surface area contributed by atoms with E-state index in [-0.39, 0.29) is 23.2 Å². The van der Waals surface area contributed by atoms with Gasteiger partial charge in [-0.3, -0.25) is 9.48 Å². The average Bonchev–Trinajstić information content (AvgIpc) is 3.05. The van der Waals surface area contributed by atoms with Gasteiger partial charge in [-0.25, -0.2) is 14.8 Å². The fraction of sp³-hybridized carbons (Fsp3) is 0.417. The summed E-state index contributed by atoms with van der Waals surface area (Å²) in [7, 11) is 0. The first-order chi connectivity index (χ1) is 9.97. The number of aryl methyl sites for hydroxylation is 2. The molecule has 0 aromatic carbocycles. The second-order valence-electron chi connectivity index (χ2n) is 4.47. The highest BCUT2D eigenvalue weighted by atomic mass is 32.1. The Morgan fingerprint density at radius 3 is 2.86 bits per heavy atom. The molecule has 8 nitrogen and oxygen atoms in total. The van der Waals surface area contributed by atoms with Crippen LogP contribution in [0, 0.1) is 6.92 Å². The van der Waals surface area contributed by atoms with Gasteiger partial charge in [-0.1, -0.05) is 0 Å². The Bertz CT molecular complexity index is 637. The molecule has 0 saturated carbocycles. The molecule has 0 radical (unpaired) electrons. The summed E-state index contributed by atoms with van der Waals surface area (Å²) in [6.07, 6.45) is 3.22. The standard InChI is InChI=1S/C12H15N5O3S/c1-7-10(12(19)20)21-11(16-7)8(2)15-9(18)3-4-17-6-13-5-14-17/h5-6,8H,3-4H2,1-2H3,(H,15,18)(H,19,20). The summed E-state index contributed by atoms with van der Waals surface area (Å²) in [6.45, 7) is 3.86. The van der Waals surface area contributed by atoms with E-state index >= 15 is 0 Å². The smallest absolute Gasteiger partial charge is 0.347 e. The SMILES string of the molecule is Cc1nc(C(C)NC(=O)CCn2cncn2)sc1C(=O)O. The molecule has 0 fully saturated rings. The van der Waals surface area contributed by atoms with Crippen molar-refractivity contribution in [2.75, 3.05) is 0 Å². The van der Waals surface area contributed by atoms with Crippen LogP contribution in [0.2, 0.25) is 0 Å². The van der Waals surface area contributed by atoms with E-state index < -0.39 is 5.97 Å². The van der Waals surface area contributed by atoms with Crippen molar-refractivity contribution in [3.8, 4) is 0 Å². The Kier molecular flexibility index (Phi) is 4.63. The number of aromatic carboxylic acids is 1. The number of carbonyl (C=O) groups is 2. The topological polar surface area (TPSA) is 110 Å². The van der Waals surface area contributed by atoms with Crippen molar-refractivity contribution in [3.05, 3.63) is 28.2 Å². The van der Waals surface area contributed by atoms with Crippen LogP contribution < -0.4 is 5.32 Å². The van der Waals surface area contributed by atoms with E-state index in [0.29, 0.717) is 17.2 Å². The molecule has 0 bridgehead atoms. The average molecular weight is 309 g/mol. The Balaban J connectivity index is 1.91. The maximum atomic E-state index is 11.8. The van der Waals surface area contributed by atoms with Crippen molar-refractivity contribution >= 4 is 23.2 Å². The van der Waals surface area contributed by atoms with Gasteiger partial charge in [-0.05, 0) is 13.8 Å². The minimum atomic E-state index is -0.999. The molecule has 0 aliphatic rings. The molecule has 1 amide bonds. The Morgan fingerprint density at radius 1 is 1.52 bits per heavy atom. The van der Waals surface area contributed by atoms with E-state index in [1.54, 1.807) is 24.9 Å². The fourth-order valence-electron chi connectivity index (χ4n) is 1.74. The number of hydrogen-bond donors (Lipinski definition) is 2. The highest BCUT2D eigenvalue weighted by molar-refractivity contribution is 7.13. The van der Waals surface area contributed by atoms with E-state index in [0.717, 1.165) is 11.3 Å². The monoisotopic (exact) mass is 309 g/mol. The number of nitrogens with one attached hydrogen (secondary N) is 1. The minimum Gasteiger partial charge on any atom is -0.477 e. The van der Waals surface area contributed by atoms with Gasteiger partial charge in [0.2, 0.25) is 5.91 Å². The van der Waals surface area contributed by atoms with Crippen molar-refractivity contribution in [2.45, 2.75) is 32.9 Å². The van der Waals surface area contributed by atoms with Crippen LogP contribution in [0.4, 0.5) is 0 Å². The van der Waals surface area contributed by atoms with Crippen LogP contribution in [0.5, 0.6) is 0 Å². The van der Waals surface area contributed by atoms with Crippen LogP contribution in [-0.2, 0) is 11.3 Å². The number of aromatic nitrogens is 4. The number of thiazole rings is 1. The second-order valence-corrected chi connectivity index (χ2v) is 5.50. The summed E-state index contributed by atoms with van der Waals surface area (Å²) in [5, 5.41) is 16.3. The molecule has 2 aromatic heterocycles. The van der Waals surface area contributed by atoms with Crippen LogP contribution in [0.15, 0.2) is 12.7 Å². The first-order valence-corrected chi connectivity index (χ1v) is 7.11. The third kappa shape index (κ3) is 3.85. The van der Waals surface area contributed by atoms with Gasteiger partial charge in [-0.2, -0.15) is 5.10 Å². The van der Waals surface area contributed by atoms with Gasteiger partial charge in [0.15, 0.2) is 0 Å². The predicted molar refractivity (Wildman–Crippen MR) is 75.0 cm³/mol. The number of nitrogens with zero attached hydrogens (tertiary/aromatic N) is 4. The van der Waals surface area contributed by atoms with E-state index in [9.17, 15) is 9.59 Å². The van der Waals surface area contributed by atoms with Crippen molar-refractivity contribution in [2.24, 2.45) is 0 Å². The zero-order valence-electron chi connectivity index (χ0n) is 11.6. The van der Waals surface area contributed by atoms with Gasteiger partial charge < -0.3 is 10.4 Å². The first-order valence-electron chi connectivity index (χ1n) is 6.29. The van der Waals surface area contributed by atoms with E-state index in [1.165, 1.54) is 6.33 Å². The number of hydrogen-bond acceptors (Lipinski definition) is 6. The number of carboxylic acids is 1. The van der Waals surface area contributed by atoms with Gasteiger partial charge >= 0.3 is 5.97 Å². The van der Waals surface area contributed by atoms with Gasteiger partial charge in [0.05, 0.1) is 18.3 Å². The van der Waals surface area contributed by atoms with Crippen LogP contribution in [-0.4, -0.2) is 36.7 Å².